The second-order valence-electron chi connectivity index (χ2n) is 3.36. The molecular weight excluding hydrogens is 207 g/mol. The number of fused-ring (bicyclic) bond motifs is 1. The van der Waals surface area contributed by atoms with Gasteiger partial charge in [-0.3, -0.25) is 0 Å². The molecule has 0 bridgehead atoms. The maximum Gasteiger partial charge on any atom is 0.441 e. The molecule has 15 heavy (non-hydrogen) atoms. The van der Waals surface area contributed by atoms with Gasteiger partial charge in [0, 0.05) is 16.8 Å². The van der Waals surface area contributed by atoms with Crippen molar-refractivity contribution in [1.29, 1.82) is 0 Å². The first-order valence-electron chi connectivity index (χ1n) is 4.22. The first-order valence-corrected chi connectivity index (χ1v) is 4.22. The molecule has 1 aromatic carbocycles. The lowest BCUT2D eigenvalue weighted by Crippen LogP contribution is -2.49. The van der Waals surface area contributed by atoms with Crippen LogP contribution in [0.1, 0.15) is 5.56 Å². The Balaban J connectivity index is 2.52. The second-order valence-corrected chi connectivity index (χ2v) is 3.36. The van der Waals surface area contributed by atoms with Crippen LogP contribution in [-0.4, -0.2) is 17.0 Å². The van der Waals surface area contributed by atoms with E-state index in [0.29, 0.717) is 0 Å². The van der Waals surface area contributed by atoms with Crippen LogP contribution in [0, 0.1) is 0 Å². The van der Waals surface area contributed by atoms with Gasteiger partial charge in [-0.25, -0.2) is 0 Å². The van der Waals surface area contributed by atoms with Crippen LogP contribution in [0.5, 0.6) is 0 Å². The maximum absolute atomic E-state index is 12.6. The Kier molecular flexibility index (Phi) is 1.85. The number of hydrogen-bond acceptors (Lipinski definition) is 2. The number of rotatable bonds is 0. The van der Waals surface area contributed by atoms with Crippen LogP contribution in [-0.2, 0) is 0 Å². The van der Waals surface area contributed by atoms with E-state index in [9.17, 15) is 18.3 Å². The van der Waals surface area contributed by atoms with Crippen molar-refractivity contribution in [3.05, 3.63) is 36.4 Å². The van der Waals surface area contributed by atoms with Gasteiger partial charge in [0.15, 0.2) is 0 Å². The molecule has 1 unspecified atom stereocenters. The van der Waals surface area contributed by atoms with Crippen LogP contribution < -0.4 is 5.32 Å². The molecule has 0 saturated heterocycles. The highest BCUT2D eigenvalue weighted by Gasteiger charge is 2.59. The second kappa shape index (κ2) is 2.76. The highest BCUT2D eigenvalue weighted by atomic mass is 19.4. The Hall–Kier alpha value is -1.49. The molecule has 0 saturated carbocycles. The van der Waals surface area contributed by atoms with Gasteiger partial charge in [0.25, 0.3) is 5.72 Å². The standard InChI is InChI=1S/C10H8F3NO/c1-6-7-4-2-3-5-8(7)14-9(6,15)10(11,12)13/h2-5,14-15H,1H2. The minimum absolute atomic E-state index is 0.238. The number of para-hydroxylation sites is 1. The average molecular weight is 215 g/mol. The lowest BCUT2D eigenvalue weighted by atomic mass is 10.0. The minimum Gasteiger partial charge on any atom is -0.360 e. The molecule has 5 heteroatoms. The van der Waals surface area contributed by atoms with E-state index in [1.807, 2.05) is 5.32 Å². The predicted molar refractivity (Wildman–Crippen MR) is 50.1 cm³/mol. The van der Waals surface area contributed by atoms with Gasteiger partial charge in [0.05, 0.1) is 0 Å². The van der Waals surface area contributed by atoms with Crippen molar-refractivity contribution in [1.82, 2.24) is 0 Å². The predicted octanol–water partition coefficient (Wildman–Crippen LogP) is 2.38. The van der Waals surface area contributed by atoms with Gasteiger partial charge >= 0.3 is 6.18 Å². The lowest BCUT2D eigenvalue weighted by Gasteiger charge is -2.27. The molecule has 1 atom stereocenters. The van der Waals surface area contributed by atoms with Crippen molar-refractivity contribution in [2.45, 2.75) is 11.9 Å². The van der Waals surface area contributed by atoms with Gasteiger partial charge < -0.3 is 10.4 Å². The van der Waals surface area contributed by atoms with Crippen molar-refractivity contribution in [3.63, 3.8) is 0 Å². The lowest BCUT2D eigenvalue weighted by molar-refractivity contribution is -0.222. The van der Waals surface area contributed by atoms with Crippen molar-refractivity contribution in [3.8, 4) is 0 Å². The van der Waals surface area contributed by atoms with Crippen molar-refractivity contribution >= 4 is 11.3 Å². The van der Waals surface area contributed by atoms with Crippen molar-refractivity contribution in [2.24, 2.45) is 0 Å². The normalized spacial score (nSPS) is 24.9. The first kappa shape index (κ1) is 10.0. The third kappa shape index (κ3) is 1.23. The summed E-state index contributed by atoms with van der Waals surface area (Å²) in [7, 11) is 0. The Bertz CT molecular complexity index is 427. The molecule has 0 radical (unpaired) electrons. The molecular formula is C10H8F3NO. The third-order valence-corrected chi connectivity index (χ3v) is 2.41. The number of aliphatic hydroxyl groups is 1. The largest absolute Gasteiger partial charge is 0.441 e. The summed E-state index contributed by atoms with van der Waals surface area (Å²) < 4.78 is 37.8. The van der Waals surface area contributed by atoms with E-state index in [4.69, 9.17) is 0 Å². The maximum atomic E-state index is 12.6. The molecule has 0 spiro atoms. The van der Waals surface area contributed by atoms with Gasteiger partial charge in [-0.2, -0.15) is 13.2 Å². The van der Waals surface area contributed by atoms with E-state index in [1.165, 1.54) is 12.1 Å². The van der Waals surface area contributed by atoms with E-state index in [1.54, 1.807) is 12.1 Å². The molecule has 80 valence electrons. The van der Waals surface area contributed by atoms with Crippen LogP contribution in [0.15, 0.2) is 30.8 Å². The zero-order valence-electron chi connectivity index (χ0n) is 7.60. The Morgan fingerprint density at radius 3 is 2.40 bits per heavy atom. The van der Waals surface area contributed by atoms with E-state index in [-0.39, 0.29) is 16.8 Å². The topological polar surface area (TPSA) is 32.3 Å². The summed E-state index contributed by atoms with van der Waals surface area (Å²) in [5.74, 6) is 0. The summed E-state index contributed by atoms with van der Waals surface area (Å²) in [4.78, 5) is 0. The fraction of sp³-hybridized carbons (Fsp3) is 0.200. The molecule has 1 aromatic rings. The molecule has 1 heterocycles. The van der Waals surface area contributed by atoms with E-state index in [2.05, 4.69) is 6.58 Å². The monoisotopic (exact) mass is 215 g/mol. The SMILES string of the molecule is C=C1c2ccccc2NC1(O)C(F)(F)F. The van der Waals surface area contributed by atoms with E-state index in [0.717, 1.165) is 0 Å². The van der Waals surface area contributed by atoms with E-state index < -0.39 is 11.9 Å². The molecule has 1 aliphatic heterocycles. The number of hydrogen-bond donors (Lipinski definition) is 2. The molecule has 0 aromatic heterocycles. The summed E-state index contributed by atoms with van der Waals surface area (Å²) in [5, 5.41) is 11.5. The molecule has 0 amide bonds. The molecule has 2 rings (SSSR count). The van der Waals surface area contributed by atoms with Crippen molar-refractivity contribution in [2.75, 3.05) is 5.32 Å². The van der Waals surface area contributed by atoms with Crippen LogP contribution in [0.25, 0.3) is 5.57 Å². The summed E-state index contributed by atoms with van der Waals surface area (Å²) in [6.07, 6.45) is -4.79. The van der Waals surface area contributed by atoms with Crippen molar-refractivity contribution < 1.29 is 18.3 Å². The molecule has 0 aliphatic carbocycles. The number of alkyl halides is 3. The summed E-state index contributed by atoms with van der Waals surface area (Å²) in [5.41, 5.74) is -2.89. The number of anilines is 1. The average Bonchev–Trinajstić information content (AvgIpc) is 2.40. The Labute approximate surface area is 84.0 Å². The highest BCUT2D eigenvalue weighted by Crippen LogP contribution is 2.47. The zero-order chi connectivity index (χ0) is 11.3. The molecule has 0 fully saturated rings. The summed E-state index contributed by atoms with van der Waals surface area (Å²) in [6.45, 7) is 3.28. The number of halogens is 3. The van der Waals surface area contributed by atoms with Gasteiger partial charge in [-0.1, -0.05) is 24.8 Å². The minimum atomic E-state index is -4.79. The fourth-order valence-corrected chi connectivity index (χ4v) is 1.56. The van der Waals surface area contributed by atoms with Gasteiger partial charge in [0.2, 0.25) is 0 Å². The third-order valence-electron chi connectivity index (χ3n) is 2.41. The summed E-state index contributed by atoms with van der Waals surface area (Å²) >= 11 is 0. The van der Waals surface area contributed by atoms with Gasteiger partial charge in [-0.15, -0.1) is 0 Å². The number of benzene rings is 1. The molecule has 2 N–H and O–H groups in total. The van der Waals surface area contributed by atoms with Crippen LogP contribution in [0.4, 0.5) is 18.9 Å². The first-order chi connectivity index (χ1) is 6.86. The Morgan fingerprint density at radius 2 is 1.87 bits per heavy atom. The van der Waals surface area contributed by atoms with Gasteiger partial charge in [-0.05, 0) is 6.07 Å². The quantitative estimate of drug-likeness (QED) is 0.696. The van der Waals surface area contributed by atoms with Crippen LogP contribution in [0.3, 0.4) is 0 Å². The van der Waals surface area contributed by atoms with Crippen LogP contribution in [0.2, 0.25) is 0 Å². The fourth-order valence-electron chi connectivity index (χ4n) is 1.56. The number of nitrogens with one attached hydrogen (secondary N) is 1. The van der Waals surface area contributed by atoms with Gasteiger partial charge in [0.1, 0.15) is 0 Å². The van der Waals surface area contributed by atoms with E-state index >= 15 is 0 Å². The summed E-state index contributed by atoms with van der Waals surface area (Å²) in [6, 6.07) is 6.12. The highest BCUT2D eigenvalue weighted by molar-refractivity contribution is 5.88. The molecule has 2 nitrogen and oxygen atoms in total. The Morgan fingerprint density at radius 1 is 1.27 bits per heavy atom. The van der Waals surface area contributed by atoms with Crippen LogP contribution >= 0.6 is 0 Å². The smallest absolute Gasteiger partial charge is 0.360 e. The molecule has 1 aliphatic rings. The zero-order valence-corrected chi connectivity index (χ0v) is 7.60.